The lowest BCUT2D eigenvalue weighted by molar-refractivity contribution is -0.137. The second-order valence-electron chi connectivity index (χ2n) is 4.49. The first kappa shape index (κ1) is 14.5. The Labute approximate surface area is 112 Å². The van der Waals surface area contributed by atoms with Crippen LogP contribution in [-0.2, 0) is 10.9 Å². The molecule has 1 heterocycles. The summed E-state index contributed by atoms with van der Waals surface area (Å²) in [7, 11) is 0. The number of ketones is 1. The van der Waals surface area contributed by atoms with Crippen molar-refractivity contribution in [3.8, 4) is 0 Å². The zero-order valence-electron chi connectivity index (χ0n) is 10.4. The molecule has 1 aromatic heterocycles. The second kappa shape index (κ2) is 5.20. The van der Waals surface area contributed by atoms with Crippen LogP contribution in [0, 0.1) is 0 Å². The van der Waals surface area contributed by atoms with E-state index >= 15 is 0 Å². The van der Waals surface area contributed by atoms with Crippen molar-refractivity contribution in [2.24, 2.45) is 0 Å². The predicted octanol–water partition coefficient (Wildman–Crippen LogP) is 3.69. The van der Waals surface area contributed by atoms with Crippen LogP contribution in [0.3, 0.4) is 0 Å². The average molecular weight is 293 g/mol. The van der Waals surface area contributed by atoms with Crippen LogP contribution in [0.1, 0.15) is 47.3 Å². The lowest BCUT2D eigenvalue weighted by Gasteiger charge is -2.26. The summed E-state index contributed by atoms with van der Waals surface area (Å²) in [6, 6.07) is 0. The zero-order chi connectivity index (χ0) is 14.1. The molecule has 106 valence electrons. The molecule has 0 radical (unpaired) electrons. The summed E-state index contributed by atoms with van der Waals surface area (Å²) >= 11 is 0.394. The Hall–Kier alpha value is -0.950. The first-order chi connectivity index (χ1) is 8.89. The minimum Gasteiger partial charge on any atom is -0.367 e. The van der Waals surface area contributed by atoms with Gasteiger partial charge in [0.05, 0.1) is 4.88 Å². The normalized spacial score (nSPS) is 18.7. The van der Waals surface area contributed by atoms with Crippen LogP contribution in [0.15, 0.2) is 6.20 Å². The summed E-state index contributed by atoms with van der Waals surface area (Å²) in [5.74, 6) is -0.361. The van der Waals surface area contributed by atoms with E-state index < -0.39 is 16.8 Å². The van der Waals surface area contributed by atoms with Crippen LogP contribution in [0.4, 0.5) is 13.2 Å². The number of Topliss-reactive ketones (excluding diaryl/α,β-unsaturated/α-hetero) is 1. The van der Waals surface area contributed by atoms with E-state index in [0.29, 0.717) is 30.8 Å². The molecule has 0 spiro atoms. The number of rotatable bonds is 4. The molecule has 0 aromatic carbocycles. The standard InChI is InChI=1S/C12H14F3NO2S/c1-2-18-11(5-3-4-6-11)9(17)8-7-16-10(19-8)12(13,14)15/h7H,2-6H2,1H3. The van der Waals surface area contributed by atoms with Crippen LogP contribution in [-0.4, -0.2) is 23.0 Å². The fraction of sp³-hybridized carbons (Fsp3) is 0.667. The maximum atomic E-state index is 12.5. The Balaban J connectivity index is 2.25. The van der Waals surface area contributed by atoms with Gasteiger partial charge in [0.25, 0.3) is 0 Å². The van der Waals surface area contributed by atoms with Crippen molar-refractivity contribution in [3.05, 3.63) is 16.1 Å². The van der Waals surface area contributed by atoms with Crippen LogP contribution < -0.4 is 0 Å². The molecule has 7 heteroatoms. The molecular weight excluding hydrogens is 279 g/mol. The van der Waals surface area contributed by atoms with Crippen molar-refractivity contribution >= 4 is 17.1 Å². The number of carbonyl (C=O) groups excluding carboxylic acids is 1. The van der Waals surface area contributed by atoms with Gasteiger partial charge in [-0.1, -0.05) is 0 Å². The molecule has 0 N–H and O–H groups in total. The first-order valence-corrected chi connectivity index (χ1v) is 6.92. The number of hydrogen-bond acceptors (Lipinski definition) is 4. The van der Waals surface area contributed by atoms with Gasteiger partial charge in [-0.25, -0.2) is 4.98 Å². The molecule has 19 heavy (non-hydrogen) atoms. The number of alkyl halides is 3. The molecule has 3 nitrogen and oxygen atoms in total. The second-order valence-corrected chi connectivity index (χ2v) is 5.52. The van der Waals surface area contributed by atoms with Gasteiger partial charge >= 0.3 is 6.18 Å². The molecular formula is C12H14F3NO2S. The molecule has 0 amide bonds. The smallest absolute Gasteiger partial charge is 0.367 e. The fourth-order valence-electron chi connectivity index (χ4n) is 2.39. The Morgan fingerprint density at radius 2 is 2.11 bits per heavy atom. The molecule has 0 aliphatic heterocycles. The Morgan fingerprint density at radius 3 is 2.58 bits per heavy atom. The van der Waals surface area contributed by atoms with E-state index in [1.807, 2.05) is 0 Å². The van der Waals surface area contributed by atoms with E-state index in [1.165, 1.54) is 0 Å². The largest absolute Gasteiger partial charge is 0.443 e. The van der Waals surface area contributed by atoms with Gasteiger partial charge in [0.15, 0.2) is 5.01 Å². The van der Waals surface area contributed by atoms with Gasteiger partial charge in [-0.3, -0.25) is 4.79 Å². The molecule has 1 saturated carbocycles. The molecule has 1 aliphatic rings. The summed E-state index contributed by atoms with van der Waals surface area (Å²) < 4.78 is 43.0. The molecule has 2 rings (SSSR count). The minimum atomic E-state index is -4.50. The number of carbonyl (C=O) groups is 1. The van der Waals surface area contributed by atoms with E-state index in [4.69, 9.17) is 4.74 Å². The van der Waals surface area contributed by atoms with Gasteiger partial charge in [0.2, 0.25) is 5.78 Å². The topological polar surface area (TPSA) is 39.2 Å². The zero-order valence-corrected chi connectivity index (χ0v) is 11.2. The van der Waals surface area contributed by atoms with E-state index in [0.717, 1.165) is 19.0 Å². The number of halogens is 3. The van der Waals surface area contributed by atoms with Gasteiger partial charge in [-0.2, -0.15) is 13.2 Å². The van der Waals surface area contributed by atoms with Gasteiger partial charge in [-0.05, 0) is 32.6 Å². The van der Waals surface area contributed by atoms with Crippen LogP contribution in [0.25, 0.3) is 0 Å². The first-order valence-electron chi connectivity index (χ1n) is 6.11. The Kier molecular flexibility index (Phi) is 3.96. The van der Waals surface area contributed by atoms with Crippen molar-refractivity contribution in [1.82, 2.24) is 4.98 Å². The van der Waals surface area contributed by atoms with Crippen molar-refractivity contribution in [1.29, 1.82) is 0 Å². The van der Waals surface area contributed by atoms with Crippen LogP contribution >= 0.6 is 11.3 Å². The van der Waals surface area contributed by atoms with Crippen molar-refractivity contribution in [3.63, 3.8) is 0 Å². The van der Waals surface area contributed by atoms with Gasteiger partial charge < -0.3 is 4.74 Å². The van der Waals surface area contributed by atoms with E-state index in [9.17, 15) is 18.0 Å². The summed E-state index contributed by atoms with van der Waals surface area (Å²) in [6.07, 6.45) is -0.641. The molecule has 0 saturated heterocycles. The average Bonchev–Trinajstić information content (AvgIpc) is 2.96. The third-order valence-corrected chi connectivity index (χ3v) is 4.26. The highest BCUT2D eigenvalue weighted by Crippen LogP contribution is 2.39. The summed E-state index contributed by atoms with van der Waals surface area (Å²) in [5, 5.41) is -0.986. The Bertz CT molecular complexity index is 464. The summed E-state index contributed by atoms with van der Waals surface area (Å²) in [6.45, 7) is 2.15. The summed E-state index contributed by atoms with van der Waals surface area (Å²) in [5.41, 5.74) is -0.940. The highest BCUT2D eigenvalue weighted by molar-refractivity contribution is 7.13. The number of hydrogen-bond donors (Lipinski definition) is 0. The van der Waals surface area contributed by atoms with Crippen molar-refractivity contribution < 1.29 is 22.7 Å². The SMILES string of the molecule is CCOC1(C(=O)c2cnc(C(F)(F)F)s2)CCCC1. The van der Waals surface area contributed by atoms with Crippen LogP contribution in [0.5, 0.6) is 0 Å². The lowest BCUT2D eigenvalue weighted by Crippen LogP contribution is -2.38. The lowest BCUT2D eigenvalue weighted by atomic mass is 9.95. The number of aromatic nitrogens is 1. The maximum absolute atomic E-state index is 12.5. The molecule has 0 bridgehead atoms. The van der Waals surface area contributed by atoms with Gasteiger partial charge in [-0.15, -0.1) is 11.3 Å². The van der Waals surface area contributed by atoms with Crippen molar-refractivity contribution in [2.45, 2.75) is 44.4 Å². The summed E-state index contributed by atoms with van der Waals surface area (Å²) in [4.78, 5) is 15.7. The molecule has 1 aliphatic carbocycles. The van der Waals surface area contributed by atoms with Crippen molar-refractivity contribution in [2.75, 3.05) is 6.61 Å². The number of ether oxygens (including phenoxy) is 1. The van der Waals surface area contributed by atoms with Gasteiger partial charge in [0.1, 0.15) is 5.60 Å². The highest BCUT2D eigenvalue weighted by Gasteiger charge is 2.44. The van der Waals surface area contributed by atoms with E-state index in [2.05, 4.69) is 4.98 Å². The monoisotopic (exact) mass is 293 g/mol. The van der Waals surface area contributed by atoms with Crippen LogP contribution in [0.2, 0.25) is 0 Å². The number of thiazole rings is 1. The van der Waals surface area contributed by atoms with Gasteiger partial charge in [0, 0.05) is 12.8 Å². The molecule has 1 fully saturated rings. The Morgan fingerprint density at radius 1 is 1.47 bits per heavy atom. The number of nitrogens with zero attached hydrogens (tertiary/aromatic N) is 1. The molecule has 1 aromatic rings. The fourth-order valence-corrected chi connectivity index (χ4v) is 3.21. The predicted molar refractivity (Wildman–Crippen MR) is 64.3 cm³/mol. The molecule has 0 unspecified atom stereocenters. The highest BCUT2D eigenvalue weighted by atomic mass is 32.1. The maximum Gasteiger partial charge on any atom is 0.443 e. The third kappa shape index (κ3) is 2.81. The van der Waals surface area contributed by atoms with E-state index in [-0.39, 0.29) is 10.7 Å². The molecule has 0 atom stereocenters. The third-order valence-electron chi connectivity index (χ3n) is 3.22. The minimum absolute atomic E-state index is 0.0303. The quantitative estimate of drug-likeness (QED) is 0.795. The van der Waals surface area contributed by atoms with E-state index in [1.54, 1.807) is 6.92 Å².